The van der Waals surface area contributed by atoms with Gasteiger partial charge in [0, 0.05) is 19.6 Å². The monoisotopic (exact) mass is 244 g/mol. The quantitative estimate of drug-likeness (QED) is 0.721. The summed E-state index contributed by atoms with van der Waals surface area (Å²) in [7, 11) is 0. The van der Waals surface area contributed by atoms with Crippen LogP contribution in [0.2, 0.25) is 5.02 Å². The van der Waals surface area contributed by atoms with Crippen LogP contribution in [-0.2, 0) is 6.54 Å². The first-order valence-electron chi connectivity index (χ1n) is 5.59. The van der Waals surface area contributed by atoms with Crippen LogP contribution < -0.4 is 10.6 Å². The Hall–Kier alpha value is -0.640. The maximum atomic E-state index is 13.1. The molecule has 0 radical (unpaired) electrons. The Bertz CT molecular complexity index is 318. The molecule has 1 aromatic carbocycles. The molecule has 2 N–H and O–H groups in total. The van der Waals surface area contributed by atoms with Crippen molar-refractivity contribution in [3.05, 3.63) is 34.6 Å². The zero-order valence-electron chi connectivity index (χ0n) is 9.52. The largest absolute Gasteiger partial charge is 0.315 e. The molecular weight excluding hydrogens is 227 g/mol. The van der Waals surface area contributed by atoms with E-state index >= 15 is 0 Å². The van der Waals surface area contributed by atoms with Crippen molar-refractivity contribution in [1.29, 1.82) is 0 Å². The van der Waals surface area contributed by atoms with Gasteiger partial charge < -0.3 is 10.6 Å². The van der Waals surface area contributed by atoms with E-state index in [1.54, 1.807) is 6.07 Å². The highest BCUT2D eigenvalue weighted by atomic mass is 35.5. The van der Waals surface area contributed by atoms with Gasteiger partial charge in [0.1, 0.15) is 5.82 Å². The zero-order valence-corrected chi connectivity index (χ0v) is 10.3. The minimum atomic E-state index is -0.356. The van der Waals surface area contributed by atoms with E-state index in [2.05, 4.69) is 17.6 Å². The van der Waals surface area contributed by atoms with Crippen LogP contribution in [0.15, 0.2) is 18.2 Å². The number of halogens is 2. The second-order valence-corrected chi connectivity index (χ2v) is 4.08. The first-order chi connectivity index (χ1) is 7.74. The lowest BCUT2D eigenvalue weighted by molar-refractivity contribution is 0.599. The number of benzene rings is 1. The van der Waals surface area contributed by atoms with Crippen molar-refractivity contribution >= 4 is 11.6 Å². The van der Waals surface area contributed by atoms with Crippen LogP contribution in [0.5, 0.6) is 0 Å². The molecule has 16 heavy (non-hydrogen) atoms. The van der Waals surface area contributed by atoms with Gasteiger partial charge in [-0.25, -0.2) is 4.39 Å². The van der Waals surface area contributed by atoms with E-state index in [1.165, 1.54) is 6.07 Å². The summed E-state index contributed by atoms with van der Waals surface area (Å²) in [6.07, 6.45) is 1.14. The highest BCUT2D eigenvalue weighted by Gasteiger charge is 2.00. The van der Waals surface area contributed by atoms with Gasteiger partial charge in [0.15, 0.2) is 0 Å². The minimum absolute atomic E-state index is 0.174. The smallest absolute Gasteiger partial charge is 0.142 e. The Kier molecular flexibility index (Phi) is 6.38. The molecule has 0 amide bonds. The Morgan fingerprint density at radius 3 is 2.62 bits per heavy atom. The molecule has 1 aromatic rings. The van der Waals surface area contributed by atoms with E-state index in [9.17, 15) is 4.39 Å². The van der Waals surface area contributed by atoms with E-state index in [1.807, 2.05) is 6.07 Å². The summed E-state index contributed by atoms with van der Waals surface area (Å²) in [6, 6.07) is 4.88. The molecule has 0 aliphatic rings. The molecule has 0 saturated heterocycles. The van der Waals surface area contributed by atoms with E-state index in [0.717, 1.165) is 31.6 Å². The average molecular weight is 245 g/mol. The molecule has 0 spiro atoms. The highest BCUT2D eigenvalue weighted by molar-refractivity contribution is 6.30. The van der Waals surface area contributed by atoms with Gasteiger partial charge in [0.2, 0.25) is 0 Å². The van der Waals surface area contributed by atoms with E-state index in [0.29, 0.717) is 6.54 Å². The summed E-state index contributed by atoms with van der Waals surface area (Å²) in [5.74, 6) is -0.356. The predicted octanol–water partition coefficient (Wildman–Crippen LogP) is 2.57. The topological polar surface area (TPSA) is 24.1 Å². The van der Waals surface area contributed by atoms with Gasteiger partial charge in [0.05, 0.1) is 5.02 Å². The molecule has 0 heterocycles. The molecule has 4 heteroatoms. The molecule has 0 aliphatic carbocycles. The lowest BCUT2D eigenvalue weighted by atomic mass is 10.2. The summed E-state index contributed by atoms with van der Waals surface area (Å²) in [5, 5.41) is 6.69. The molecule has 0 unspecified atom stereocenters. The fourth-order valence-electron chi connectivity index (χ4n) is 1.36. The SMILES string of the molecule is CCCNCCNCc1ccc(Cl)c(F)c1. The van der Waals surface area contributed by atoms with Crippen molar-refractivity contribution in [2.75, 3.05) is 19.6 Å². The summed E-state index contributed by atoms with van der Waals surface area (Å²) in [4.78, 5) is 0. The third-order valence-electron chi connectivity index (χ3n) is 2.22. The molecule has 2 nitrogen and oxygen atoms in total. The Morgan fingerprint density at radius 2 is 1.94 bits per heavy atom. The van der Waals surface area contributed by atoms with Crippen LogP contribution in [0.4, 0.5) is 4.39 Å². The lowest BCUT2D eigenvalue weighted by Crippen LogP contribution is -2.27. The van der Waals surface area contributed by atoms with Crippen LogP contribution in [0.1, 0.15) is 18.9 Å². The Balaban J connectivity index is 2.19. The van der Waals surface area contributed by atoms with Crippen LogP contribution >= 0.6 is 11.6 Å². The zero-order chi connectivity index (χ0) is 11.8. The Morgan fingerprint density at radius 1 is 1.19 bits per heavy atom. The van der Waals surface area contributed by atoms with Gasteiger partial charge in [-0.15, -0.1) is 0 Å². The van der Waals surface area contributed by atoms with Gasteiger partial charge in [0.25, 0.3) is 0 Å². The summed E-state index contributed by atoms with van der Waals surface area (Å²) >= 11 is 5.59. The Labute approximate surface area is 101 Å². The predicted molar refractivity (Wildman–Crippen MR) is 66.3 cm³/mol. The molecule has 0 aromatic heterocycles. The van der Waals surface area contributed by atoms with Crippen molar-refractivity contribution < 1.29 is 4.39 Å². The van der Waals surface area contributed by atoms with Gasteiger partial charge in [-0.05, 0) is 30.7 Å². The van der Waals surface area contributed by atoms with Crippen molar-refractivity contribution in [3.63, 3.8) is 0 Å². The van der Waals surface area contributed by atoms with Crippen molar-refractivity contribution in [2.24, 2.45) is 0 Å². The van der Waals surface area contributed by atoms with Gasteiger partial charge in [-0.1, -0.05) is 24.6 Å². The number of hydrogen-bond donors (Lipinski definition) is 2. The summed E-state index contributed by atoms with van der Waals surface area (Å²) in [6.45, 7) is 5.66. The van der Waals surface area contributed by atoms with E-state index in [4.69, 9.17) is 11.6 Å². The molecule has 0 atom stereocenters. The number of rotatable bonds is 7. The van der Waals surface area contributed by atoms with Gasteiger partial charge >= 0.3 is 0 Å². The fourth-order valence-corrected chi connectivity index (χ4v) is 1.48. The third kappa shape index (κ3) is 4.92. The molecule has 1 rings (SSSR count). The molecule has 0 aliphatic heterocycles. The van der Waals surface area contributed by atoms with Gasteiger partial charge in [-0.3, -0.25) is 0 Å². The van der Waals surface area contributed by atoms with Crippen LogP contribution in [0.3, 0.4) is 0 Å². The van der Waals surface area contributed by atoms with E-state index < -0.39 is 0 Å². The maximum Gasteiger partial charge on any atom is 0.142 e. The van der Waals surface area contributed by atoms with Crippen molar-refractivity contribution in [1.82, 2.24) is 10.6 Å². The summed E-state index contributed by atoms with van der Waals surface area (Å²) in [5.41, 5.74) is 0.914. The minimum Gasteiger partial charge on any atom is -0.315 e. The number of nitrogens with one attached hydrogen (secondary N) is 2. The number of hydrogen-bond acceptors (Lipinski definition) is 2. The molecule has 90 valence electrons. The van der Waals surface area contributed by atoms with E-state index in [-0.39, 0.29) is 10.8 Å². The van der Waals surface area contributed by atoms with Crippen LogP contribution in [-0.4, -0.2) is 19.6 Å². The van der Waals surface area contributed by atoms with Crippen LogP contribution in [0.25, 0.3) is 0 Å². The lowest BCUT2D eigenvalue weighted by Gasteiger charge is -2.06. The van der Waals surface area contributed by atoms with Gasteiger partial charge in [-0.2, -0.15) is 0 Å². The highest BCUT2D eigenvalue weighted by Crippen LogP contribution is 2.15. The maximum absolute atomic E-state index is 13.1. The fraction of sp³-hybridized carbons (Fsp3) is 0.500. The standard InChI is InChI=1S/C12H18ClFN2/c1-2-5-15-6-7-16-9-10-3-4-11(13)12(14)8-10/h3-4,8,15-16H,2,5-7,9H2,1H3. The average Bonchev–Trinajstić information content (AvgIpc) is 2.28. The van der Waals surface area contributed by atoms with Crippen molar-refractivity contribution in [3.8, 4) is 0 Å². The molecule has 0 bridgehead atoms. The summed E-state index contributed by atoms with van der Waals surface area (Å²) < 4.78 is 13.1. The first-order valence-corrected chi connectivity index (χ1v) is 5.97. The third-order valence-corrected chi connectivity index (χ3v) is 2.52. The first kappa shape index (κ1) is 13.4. The molecule has 0 fully saturated rings. The second-order valence-electron chi connectivity index (χ2n) is 3.68. The molecule has 0 saturated carbocycles. The van der Waals surface area contributed by atoms with Crippen LogP contribution in [0, 0.1) is 5.82 Å². The normalized spacial score (nSPS) is 10.7. The molecular formula is C12H18ClFN2. The second kappa shape index (κ2) is 7.60. The van der Waals surface area contributed by atoms with Crippen molar-refractivity contribution in [2.45, 2.75) is 19.9 Å².